The van der Waals surface area contributed by atoms with Gasteiger partial charge in [-0.05, 0) is 35.7 Å². The molecule has 202 valence electrons. The highest BCUT2D eigenvalue weighted by Crippen LogP contribution is 2.32. The van der Waals surface area contributed by atoms with Crippen LogP contribution >= 0.6 is 0 Å². The van der Waals surface area contributed by atoms with Gasteiger partial charge in [-0.15, -0.1) is 0 Å². The standard InChI is InChI=1S/C28H35N5O5/c1-2-21-5-3-4-6-22(21)30-26(34)16-23-28(36)29-9-10-33(23)27(35)18-32-13-11-31(12-14-32)17-20-7-8-24-25(15-20)38-19-37-24/h3-8,15,23H,2,9-14,16-19H2,1H3,(H,29,36)(H,30,34)/t23-/m1/s1. The largest absolute Gasteiger partial charge is 0.454 e. The molecule has 38 heavy (non-hydrogen) atoms. The summed E-state index contributed by atoms with van der Waals surface area (Å²) in [6.07, 6.45) is 0.716. The molecule has 1 atom stereocenters. The zero-order chi connectivity index (χ0) is 26.5. The minimum absolute atomic E-state index is 0.0705. The van der Waals surface area contributed by atoms with Crippen molar-refractivity contribution in [3.8, 4) is 11.5 Å². The maximum Gasteiger partial charge on any atom is 0.243 e. The fourth-order valence-corrected chi connectivity index (χ4v) is 5.23. The van der Waals surface area contributed by atoms with Crippen LogP contribution in [0, 0.1) is 0 Å². The van der Waals surface area contributed by atoms with Gasteiger partial charge in [-0.1, -0.05) is 31.2 Å². The van der Waals surface area contributed by atoms with E-state index < -0.39 is 6.04 Å². The first-order valence-electron chi connectivity index (χ1n) is 13.3. The lowest BCUT2D eigenvalue weighted by Gasteiger charge is -2.38. The summed E-state index contributed by atoms with van der Waals surface area (Å²) in [7, 11) is 0. The van der Waals surface area contributed by atoms with Crippen LogP contribution in [0.2, 0.25) is 0 Å². The molecule has 0 aromatic heterocycles. The van der Waals surface area contributed by atoms with Crippen molar-refractivity contribution in [2.24, 2.45) is 0 Å². The number of carbonyl (C=O) groups is 3. The number of hydrogen-bond acceptors (Lipinski definition) is 7. The van der Waals surface area contributed by atoms with E-state index in [2.05, 4.69) is 26.5 Å². The fraction of sp³-hybridized carbons (Fsp3) is 0.464. The Kier molecular flexibility index (Phi) is 8.09. The molecule has 3 heterocycles. The Morgan fingerprint density at radius 2 is 1.76 bits per heavy atom. The second kappa shape index (κ2) is 11.8. The van der Waals surface area contributed by atoms with Crippen LogP contribution in [0.25, 0.3) is 0 Å². The van der Waals surface area contributed by atoms with E-state index >= 15 is 0 Å². The van der Waals surface area contributed by atoms with Crippen LogP contribution < -0.4 is 20.1 Å². The number of aryl methyl sites for hydroxylation is 1. The van der Waals surface area contributed by atoms with E-state index in [4.69, 9.17) is 9.47 Å². The minimum Gasteiger partial charge on any atom is -0.454 e. The molecule has 0 saturated carbocycles. The monoisotopic (exact) mass is 521 g/mol. The Morgan fingerprint density at radius 1 is 1.00 bits per heavy atom. The van der Waals surface area contributed by atoms with Crippen molar-refractivity contribution in [3.05, 3.63) is 53.6 Å². The highest BCUT2D eigenvalue weighted by atomic mass is 16.7. The van der Waals surface area contributed by atoms with Crippen LogP contribution in [0.5, 0.6) is 11.5 Å². The highest BCUT2D eigenvalue weighted by molar-refractivity contribution is 5.98. The lowest BCUT2D eigenvalue weighted by atomic mass is 10.1. The summed E-state index contributed by atoms with van der Waals surface area (Å²) < 4.78 is 10.9. The lowest BCUT2D eigenvalue weighted by molar-refractivity contribution is -0.145. The summed E-state index contributed by atoms with van der Waals surface area (Å²) in [5, 5.41) is 5.73. The van der Waals surface area contributed by atoms with Gasteiger partial charge in [-0.25, -0.2) is 0 Å². The third kappa shape index (κ3) is 6.08. The Labute approximate surface area is 222 Å². The Balaban J connectivity index is 1.13. The lowest BCUT2D eigenvalue weighted by Crippen LogP contribution is -2.60. The molecule has 0 radical (unpaired) electrons. The summed E-state index contributed by atoms with van der Waals surface area (Å²) in [5.41, 5.74) is 2.94. The number of amides is 3. The van der Waals surface area contributed by atoms with Crippen molar-refractivity contribution in [2.45, 2.75) is 32.4 Å². The molecule has 0 unspecified atom stereocenters. The van der Waals surface area contributed by atoms with Crippen LogP contribution in [-0.4, -0.2) is 91.1 Å². The molecule has 0 aliphatic carbocycles. The molecule has 2 aromatic carbocycles. The maximum absolute atomic E-state index is 13.3. The second-order valence-electron chi connectivity index (χ2n) is 9.90. The predicted molar refractivity (Wildman–Crippen MR) is 142 cm³/mol. The third-order valence-corrected chi connectivity index (χ3v) is 7.37. The first-order valence-corrected chi connectivity index (χ1v) is 13.3. The Bertz CT molecular complexity index is 1180. The molecule has 0 spiro atoms. The average molecular weight is 522 g/mol. The van der Waals surface area contributed by atoms with Gasteiger partial charge in [-0.2, -0.15) is 0 Å². The van der Waals surface area contributed by atoms with Crippen LogP contribution in [0.1, 0.15) is 24.5 Å². The van der Waals surface area contributed by atoms with Gasteiger partial charge in [0.15, 0.2) is 11.5 Å². The van der Waals surface area contributed by atoms with Gasteiger partial charge in [0.1, 0.15) is 6.04 Å². The molecule has 2 N–H and O–H groups in total. The summed E-state index contributed by atoms with van der Waals surface area (Å²) in [6, 6.07) is 12.8. The van der Waals surface area contributed by atoms with Crippen LogP contribution in [0.3, 0.4) is 0 Å². The predicted octanol–water partition coefficient (Wildman–Crippen LogP) is 1.45. The Morgan fingerprint density at radius 3 is 2.58 bits per heavy atom. The normalized spacial score (nSPS) is 19.8. The molecule has 3 amide bonds. The van der Waals surface area contributed by atoms with Crippen molar-refractivity contribution in [2.75, 3.05) is 57.9 Å². The van der Waals surface area contributed by atoms with Crippen molar-refractivity contribution in [3.63, 3.8) is 0 Å². The van der Waals surface area contributed by atoms with Gasteiger partial charge in [0.25, 0.3) is 0 Å². The number of fused-ring (bicyclic) bond motifs is 1. The number of nitrogens with zero attached hydrogens (tertiary/aromatic N) is 3. The number of nitrogens with one attached hydrogen (secondary N) is 2. The summed E-state index contributed by atoms with van der Waals surface area (Å²) >= 11 is 0. The molecule has 2 fully saturated rings. The average Bonchev–Trinajstić information content (AvgIpc) is 3.39. The third-order valence-electron chi connectivity index (χ3n) is 7.37. The van der Waals surface area contributed by atoms with Gasteiger partial charge in [0, 0.05) is 51.5 Å². The number of piperazine rings is 2. The van der Waals surface area contributed by atoms with E-state index in [0.717, 1.165) is 61.9 Å². The molecular weight excluding hydrogens is 486 g/mol. The zero-order valence-corrected chi connectivity index (χ0v) is 21.8. The molecule has 0 bridgehead atoms. The van der Waals surface area contributed by atoms with Gasteiger partial charge >= 0.3 is 0 Å². The van der Waals surface area contributed by atoms with E-state index in [1.165, 1.54) is 5.56 Å². The van der Waals surface area contributed by atoms with Gasteiger partial charge < -0.3 is 25.0 Å². The van der Waals surface area contributed by atoms with E-state index in [1.807, 2.05) is 43.3 Å². The number of para-hydroxylation sites is 1. The minimum atomic E-state index is -0.808. The fourth-order valence-electron chi connectivity index (χ4n) is 5.23. The number of anilines is 1. The maximum atomic E-state index is 13.3. The number of benzene rings is 2. The van der Waals surface area contributed by atoms with E-state index in [-0.39, 0.29) is 37.5 Å². The molecule has 10 heteroatoms. The van der Waals surface area contributed by atoms with E-state index in [1.54, 1.807) is 4.90 Å². The molecule has 3 aliphatic rings. The van der Waals surface area contributed by atoms with Crippen LogP contribution in [0.15, 0.2) is 42.5 Å². The molecule has 10 nitrogen and oxygen atoms in total. The topological polar surface area (TPSA) is 103 Å². The smallest absolute Gasteiger partial charge is 0.243 e. The SMILES string of the molecule is CCc1ccccc1NC(=O)C[C@@H]1C(=O)NCCN1C(=O)CN1CCN(Cc2ccc3c(c2)OCO3)CC1. The van der Waals surface area contributed by atoms with Gasteiger partial charge in [-0.3, -0.25) is 24.2 Å². The highest BCUT2D eigenvalue weighted by Gasteiger charge is 2.35. The van der Waals surface area contributed by atoms with Crippen molar-refractivity contribution in [1.29, 1.82) is 0 Å². The first-order chi connectivity index (χ1) is 18.5. The van der Waals surface area contributed by atoms with Crippen LogP contribution in [-0.2, 0) is 27.3 Å². The van der Waals surface area contributed by atoms with Crippen molar-refractivity contribution < 1.29 is 23.9 Å². The van der Waals surface area contributed by atoms with Crippen molar-refractivity contribution in [1.82, 2.24) is 20.0 Å². The number of ether oxygens (including phenoxy) is 2. The van der Waals surface area contributed by atoms with E-state index in [0.29, 0.717) is 13.1 Å². The Hall–Kier alpha value is -3.63. The molecule has 2 aromatic rings. The molecular formula is C28H35N5O5. The van der Waals surface area contributed by atoms with Crippen molar-refractivity contribution >= 4 is 23.4 Å². The molecule has 3 aliphatic heterocycles. The molecule has 2 saturated heterocycles. The van der Waals surface area contributed by atoms with Gasteiger partial charge in [0.2, 0.25) is 24.5 Å². The quantitative estimate of drug-likeness (QED) is 0.542. The number of carbonyl (C=O) groups excluding carboxylic acids is 3. The number of hydrogen-bond donors (Lipinski definition) is 2. The molecule has 5 rings (SSSR count). The zero-order valence-electron chi connectivity index (χ0n) is 21.8. The number of rotatable bonds is 8. The first kappa shape index (κ1) is 26.0. The van der Waals surface area contributed by atoms with Gasteiger partial charge in [0.05, 0.1) is 13.0 Å². The second-order valence-corrected chi connectivity index (χ2v) is 9.90. The van der Waals surface area contributed by atoms with Crippen LogP contribution in [0.4, 0.5) is 5.69 Å². The van der Waals surface area contributed by atoms with E-state index in [9.17, 15) is 14.4 Å². The summed E-state index contributed by atoms with van der Waals surface area (Å²) in [5.74, 6) is 0.899. The summed E-state index contributed by atoms with van der Waals surface area (Å²) in [4.78, 5) is 44.8. The summed E-state index contributed by atoms with van der Waals surface area (Å²) in [6.45, 7) is 7.33.